The van der Waals surface area contributed by atoms with E-state index < -0.39 is 0 Å². The predicted molar refractivity (Wildman–Crippen MR) is 115 cm³/mol. The number of thiazole rings is 1. The normalized spacial score (nSPS) is 12.0. The van der Waals surface area contributed by atoms with Crippen LogP contribution in [0.3, 0.4) is 0 Å². The molecule has 2 heterocycles. The molecule has 3 aromatic rings. The Morgan fingerprint density at radius 1 is 1.03 bits per heavy atom. The van der Waals surface area contributed by atoms with Crippen LogP contribution >= 0.6 is 11.3 Å². The van der Waals surface area contributed by atoms with E-state index in [4.69, 9.17) is 19.2 Å². The second-order valence-electron chi connectivity index (χ2n) is 6.38. The van der Waals surface area contributed by atoms with Crippen molar-refractivity contribution < 1.29 is 14.2 Å². The molecule has 0 aliphatic carbocycles. The van der Waals surface area contributed by atoms with Gasteiger partial charge in [-0.05, 0) is 43.7 Å². The van der Waals surface area contributed by atoms with Crippen LogP contribution < -0.4 is 19.0 Å². The summed E-state index contributed by atoms with van der Waals surface area (Å²) in [6.45, 7) is 4.07. The van der Waals surface area contributed by atoms with E-state index in [1.807, 2.05) is 48.2 Å². The van der Waals surface area contributed by atoms with Crippen LogP contribution in [0.5, 0.6) is 17.2 Å². The van der Waals surface area contributed by atoms with Crippen LogP contribution in [-0.4, -0.2) is 43.2 Å². The van der Waals surface area contributed by atoms with Gasteiger partial charge < -0.3 is 14.2 Å². The van der Waals surface area contributed by atoms with Crippen molar-refractivity contribution in [1.82, 2.24) is 9.66 Å². The van der Waals surface area contributed by atoms with E-state index in [0.29, 0.717) is 17.2 Å². The van der Waals surface area contributed by atoms with Gasteiger partial charge in [0.05, 0.1) is 33.2 Å². The number of hydrogen-bond acceptors (Lipinski definition) is 7. The fourth-order valence-electron chi connectivity index (χ4n) is 2.72. The van der Waals surface area contributed by atoms with E-state index >= 15 is 0 Å². The van der Waals surface area contributed by atoms with Gasteiger partial charge in [-0.15, -0.1) is 11.3 Å². The van der Waals surface area contributed by atoms with Crippen LogP contribution in [0.1, 0.15) is 19.4 Å². The average Bonchev–Trinajstić information content (AvgIpc) is 3.13. The van der Waals surface area contributed by atoms with Gasteiger partial charge in [-0.2, -0.15) is 5.10 Å². The third-order valence-electron chi connectivity index (χ3n) is 4.04. The minimum absolute atomic E-state index is 0.142. The monoisotopic (exact) mass is 412 g/mol. The molecule has 0 aliphatic rings. The highest BCUT2D eigenvalue weighted by molar-refractivity contribution is 7.07. The lowest BCUT2D eigenvalue weighted by molar-refractivity contribution is 0.324. The molecule has 0 N–H and O–H groups in total. The van der Waals surface area contributed by atoms with Gasteiger partial charge in [0.1, 0.15) is 0 Å². The third-order valence-corrected chi connectivity index (χ3v) is 4.87. The van der Waals surface area contributed by atoms with Gasteiger partial charge in [0.2, 0.25) is 10.6 Å². The molecule has 8 heteroatoms. The second kappa shape index (κ2) is 9.38. The van der Waals surface area contributed by atoms with E-state index in [0.717, 1.165) is 21.6 Å². The summed E-state index contributed by atoms with van der Waals surface area (Å²) >= 11 is 1.53. The Hall–Kier alpha value is -3.13. The van der Waals surface area contributed by atoms with E-state index in [2.05, 4.69) is 10.1 Å². The second-order valence-corrected chi connectivity index (χ2v) is 7.21. The first-order valence-corrected chi connectivity index (χ1v) is 9.94. The number of methoxy groups -OCH3 is 3. The fraction of sp³-hybridized carbons (Fsp3) is 0.286. The molecule has 152 valence electrons. The molecule has 7 nitrogen and oxygen atoms in total. The molecule has 2 aromatic heterocycles. The summed E-state index contributed by atoms with van der Waals surface area (Å²) in [6, 6.07) is 7.75. The van der Waals surface area contributed by atoms with Crippen LogP contribution in [0, 0.1) is 0 Å². The molecule has 0 fully saturated rings. The van der Waals surface area contributed by atoms with Gasteiger partial charge in [-0.1, -0.05) is 0 Å². The van der Waals surface area contributed by atoms with Crippen LogP contribution in [0.25, 0.3) is 11.3 Å². The van der Waals surface area contributed by atoms with E-state index in [-0.39, 0.29) is 6.04 Å². The number of rotatable bonds is 7. The Morgan fingerprint density at radius 2 is 1.69 bits per heavy atom. The molecule has 0 saturated heterocycles. The SMILES string of the molecule is COc1cc(-c2csc(=NC(C)C)n2N=Cc2ccncc2)cc(OC)c1OC. The molecule has 0 atom stereocenters. The maximum absolute atomic E-state index is 5.50. The summed E-state index contributed by atoms with van der Waals surface area (Å²) in [5.41, 5.74) is 2.71. The smallest absolute Gasteiger partial charge is 0.206 e. The topological polar surface area (TPSA) is 70.2 Å². The Morgan fingerprint density at radius 3 is 2.24 bits per heavy atom. The summed E-state index contributed by atoms with van der Waals surface area (Å²) in [5.74, 6) is 1.72. The van der Waals surface area contributed by atoms with Crippen molar-refractivity contribution in [2.75, 3.05) is 21.3 Å². The van der Waals surface area contributed by atoms with Crippen LogP contribution in [0.2, 0.25) is 0 Å². The summed E-state index contributed by atoms with van der Waals surface area (Å²) in [5, 5.41) is 6.71. The average molecular weight is 413 g/mol. The van der Waals surface area contributed by atoms with Gasteiger partial charge in [-0.3, -0.25) is 9.98 Å². The molecule has 29 heavy (non-hydrogen) atoms. The Balaban J connectivity index is 2.18. The molecule has 3 rings (SSSR count). The summed E-state index contributed by atoms with van der Waals surface area (Å²) in [4.78, 5) is 9.55. The number of aromatic nitrogens is 2. The first kappa shape index (κ1) is 20.6. The first-order valence-electron chi connectivity index (χ1n) is 9.06. The van der Waals surface area contributed by atoms with Crippen molar-refractivity contribution in [2.24, 2.45) is 10.1 Å². The van der Waals surface area contributed by atoms with Crippen molar-refractivity contribution in [3.8, 4) is 28.5 Å². The predicted octanol–water partition coefficient (Wildman–Crippen LogP) is 3.83. The lowest BCUT2D eigenvalue weighted by atomic mass is 10.1. The molecule has 0 radical (unpaired) electrons. The zero-order chi connectivity index (χ0) is 20.8. The quantitative estimate of drug-likeness (QED) is 0.553. The van der Waals surface area contributed by atoms with Crippen molar-refractivity contribution in [2.45, 2.75) is 19.9 Å². The summed E-state index contributed by atoms with van der Waals surface area (Å²) < 4.78 is 18.3. The van der Waals surface area contributed by atoms with Crippen molar-refractivity contribution >= 4 is 17.6 Å². The molecular weight excluding hydrogens is 388 g/mol. The van der Waals surface area contributed by atoms with Gasteiger partial charge in [0, 0.05) is 29.4 Å². The molecule has 0 spiro atoms. The molecule has 0 amide bonds. The number of hydrogen-bond donors (Lipinski definition) is 0. The number of ether oxygens (including phenoxy) is 3. The van der Waals surface area contributed by atoms with Crippen LogP contribution in [0.15, 0.2) is 52.1 Å². The van der Waals surface area contributed by atoms with Gasteiger partial charge in [0.25, 0.3) is 0 Å². The molecular formula is C21H24N4O3S. The van der Waals surface area contributed by atoms with Crippen molar-refractivity contribution in [3.05, 3.63) is 52.4 Å². The van der Waals surface area contributed by atoms with E-state index in [1.54, 1.807) is 39.9 Å². The van der Waals surface area contributed by atoms with E-state index in [1.165, 1.54) is 11.3 Å². The minimum atomic E-state index is 0.142. The largest absolute Gasteiger partial charge is 0.493 e. The van der Waals surface area contributed by atoms with Crippen LogP contribution in [-0.2, 0) is 0 Å². The molecule has 0 unspecified atom stereocenters. The maximum atomic E-state index is 5.50. The van der Waals surface area contributed by atoms with Gasteiger partial charge >= 0.3 is 0 Å². The Kier molecular flexibility index (Phi) is 6.66. The number of benzene rings is 1. The minimum Gasteiger partial charge on any atom is -0.493 e. The molecule has 0 saturated carbocycles. The molecule has 0 bridgehead atoms. The Labute approximate surface area is 173 Å². The van der Waals surface area contributed by atoms with Crippen LogP contribution in [0.4, 0.5) is 0 Å². The third kappa shape index (κ3) is 4.65. The van der Waals surface area contributed by atoms with Crippen molar-refractivity contribution in [1.29, 1.82) is 0 Å². The molecule has 1 aromatic carbocycles. The number of nitrogens with zero attached hydrogens (tertiary/aromatic N) is 4. The standard InChI is InChI=1S/C21H24N4O3S/c1-14(2)24-21-25(23-12-15-6-8-22-9-7-15)17(13-29-21)16-10-18(26-3)20(28-5)19(11-16)27-4/h6-14H,1-5H3. The Bertz CT molecular complexity index is 1030. The highest BCUT2D eigenvalue weighted by Gasteiger charge is 2.17. The maximum Gasteiger partial charge on any atom is 0.206 e. The van der Waals surface area contributed by atoms with Crippen molar-refractivity contribution in [3.63, 3.8) is 0 Å². The first-order chi connectivity index (χ1) is 14.1. The fourth-order valence-corrected chi connectivity index (χ4v) is 3.69. The zero-order valence-electron chi connectivity index (χ0n) is 17.1. The van der Waals surface area contributed by atoms with E-state index in [9.17, 15) is 0 Å². The highest BCUT2D eigenvalue weighted by atomic mass is 32.1. The lowest BCUT2D eigenvalue weighted by Crippen LogP contribution is -2.14. The highest BCUT2D eigenvalue weighted by Crippen LogP contribution is 2.41. The zero-order valence-corrected chi connectivity index (χ0v) is 17.9. The lowest BCUT2D eigenvalue weighted by Gasteiger charge is -2.14. The summed E-state index contributed by atoms with van der Waals surface area (Å²) in [6.07, 6.45) is 5.26. The van der Waals surface area contributed by atoms with Gasteiger partial charge in [-0.25, -0.2) is 4.68 Å². The van der Waals surface area contributed by atoms with Gasteiger partial charge in [0.15, 0.2) is 11.5 Å². The molecule has 0 aliphatic heterocycles. The number of pyridine rings is 1. The summed E-state index contributed by atoms with van der Waals surface area (Å²) in [7, 11) is 4.79.